The van der Waals surface area contributed by atoms with E-state index < -0.39 is 0 Å². The van der Waals surface area contributed by atoms with Crippen molar-refractivity contribution in [3.05, 3.63) is 52.3 Å². The van der Waals surface area contributed by atoms with Gasteiger partial charge in [0, 0.05) is 19.7 Å². The first-order chi connectivity index (χ1) is 13.0. The monoisotopic (exact) mass is 367 g/mol. The minimum absolute atomic E-state index is 0.0393. The van der Waals surface area contributed by atoms with Crippen molar-refractivity contribution in [2.45, 2.75) is 19.1 Å². The molecule has 1 aromatic carbocycles. The Kier molecular flexibility index (Phi) is 4.36. The maximum atomic E-state index is 11.7. The number of aromatic amines is 1. The summed E-state index contributed by atoms with van der Waals surface area (Å²) in [5, 5.41) is 8.55. The first-order valence-electron chi connectivity index (χ1n) is 8.73. The van der Waals surface area contributed by atoms with Gasteiger partial charge in [-0.1, -0.05) is 30.3 Å². The number of aromatic nitrogens is 5. The molecule has 140 valence electrons. The topological polar surface area (TPSA) is 115 Å². The van der Waals surface area contributed by atoms with Gasteiger partial charge in [-0.05, 0) is 12.5 Å². The molecule has 3 N–H and O–H groups in total. The molecule has 0 bridgehead atoms. The quantitative estimate of drug-likeness (QED) is 0.712. The number of morpholine rings is 1. The number of nitrogens with zero attached hydrogens (tertiary/aromatic N) is 5. The summed E-state index contributed by atoms with van der Waals surface area (Å²) in [6.45, 7) is 3.39. The predicted molar refractivity (Wildman–Crippen MR) is 101 cm³/mol. The number of nitrogens with one attached hydrogen (secondary N) is 1. The third-order valence-electron chi connectivity index (χ3n) is 4.56. The molecule has 9 nitrogen and oxygen atoms in total. The van der Waals surface area contributed by atoms with Crippen molar-refractivity contribution in [1.29, 1.82) is 0 Å². The Hall–Kier alpha value is -3.20. The van der Waals surface area contributed by atoms with E-state index in [0.717, 1.165) is 5.56 Å². The summed E-state index contributed by atoms with van der Waals surface area (Å²) in [6, 6.07) is 11.5. The summed E-state index contributed by atoms with van der Waals surface area (Å²) in [4.78, 5) is 20.4. The number of nitrogens with two attached hydrogens (primary N) is 1. The molecule has 0 radical (unpaired) electrons. The highest BCUT2D eigenvalue weighted by molar-refractivity contribution is 5.54. The van der Waals surface area contributed by atoms with Crippen molar-refractivity contribution in [3.8, 4) is 11.5 Å². The van der Waals surface area contributed by atoms with Gasteiger partial charge in [-0.15, -0.1) is 10.2 Å². The zero-order chi connectivity index (χ0) is 19.0. The van der Waals surface area contributed by atoms with E-state index in [1.807, 2.05) is 36.7 Å². The lowest BCUT2D eigenvalue weighted by Crippen LogP contribution is -2.44. The lowest BCUT2D eigenvalue weighted by molar-refractivity contribution is -0.0180. The van der Waals surface area contributed by atoms with Crippen LogP contribution in [0.4, 0.5) is 11.9 Å². The van der Waals surface area contributed by atoms with Crippen LogP contribution in [0.15, 0.2) is 41.2 Å². The first-order valence-corrected chi connectivity index (χ1v) is 8.73. The molecule has 3 heterocycles. The maximum Gasteiger partial charge on any atom is 0.252 e. The summed E-state index contributed by atoms with van der Waals surface area (Å²) in [6.07, 6.45) is -0.0131. The summed E-state index contributed by atoms with van der Waals surface area (Å²) >= 11 is 0. The average Bonchev–Trinajstić information content (AvgIpc) is 3.03. The molecule has 1 fully saturated rings. The van der Waals surface area contributed by atoms with Gasteiger partial charge in [-0.25, -0.2) is 4.98 Å². The number of benzene rings is 1. The lowest BCUT2D eigenvalue weighted by atomic mass is 10.1. The first kappa shape index (κ1) is 17.2. The molecule has 4 rings (SSSR count). The molecule has 0 spiro atoms. The van der Waals surface area contributed by atoms with E-state index >= 15 is 0 Å². The molecule has 1 aliphatic heterocycles. The molecule has 0 amide bonds. The van der Waals surface area contributed by atoms with E-state index in [1.165, 1.54) is 6.07 Å². The number of ether oxygens (including phenoxy) is 1. The van der Waals surface area contributed by atoms with Crippen LogP contribution in [0.5, 0.6) is 0 Å². The molecular formula is C18H21N7O2. The zero-order valence-corrected chi connectivity index (χ0v) is 15.2. The fraction of sp³-hybridized carbons (Fsp3) is 0.333. The Balaban J connectivity index is 1.65. The summed E-state index contributed by atoms with van der Waals surface area (Å²) < 4.78 is 7.93. The fourth-order valence-corrected chi connectivity index (χ4v) is 3.38. The second kappa shape index (κ2) is 6.84. The lowest BCUT2D eigenvalue weighted by Gasteiger charge is -2.37. The Bertz CT molecular complexity index is 998. The van der Waals surface area contributed by atoms with Crippen LogP contribution in [0.25, 0.3) is 11.5 Å². The molecule has 0 aliphatic carbocycles. The van der Waals surface area contributed by atoms with E-state index in [2.05, 4.69) is 37.2 Å². The van der Waals surface area contributed by atoms with Crippen LogP contribution in [0.3, 0.4) is 0 Å². The van der Waals surface area contributed by atoms with Gasteiger partial charge in [0.05, 0.1) is 12.6 Å². The number of nitrogen functional groups attached to an aromatic ring is 1. The normalized spacial score (nSPS) is 20.0. The summed E-state index contributed by atoms with van der Waals surface area (Å²) in [7, 11) is 1.85. The standard InChI is InChI=1S/C18H21N7O2/c1-11-9-25(10-14(27-11)12-6-4-3-5-7-12)18-23-22-16(24(18)2)13-8-15(26)21-17(19)20-13/h3-8,11,14H,9-10H2,1-2H3,(H3,19,20,21,26)/t11-,14-/m1/s1. The smallest absolute Gasteiger partial charge is 0.252 e. The zero-order valence-electron chi connectivity index (χ0n) is 15.2. The van der Waals surface area contributed by atoms with Crippen LogP contribution >= 0.6 is 0 Å². The van der Waals surface area contributed by atoms with Gasteiger partial charge in [-0.2, -0.15) is 0 Å². The molecule has 9 heteroatoms. The molecule has 2 aromatic heterocycles. The van der Waals surface area contributed by atoms with Gasteiger partial charge in [0.15, 0.2) is 5.82 Å². The van der Waals surface area contributed by atoms with E-state index in [1.54, 1.807) is 0 Å². The minimum atomic E-state index is -0.328. The molecular weight excluding hydrogens is 346 g/mol. The molecule has 0 saturated carbocycles. The Morgan fingerprint density at radius 2 is 2.00 bits per heavy atom. The SMILES string of the molecule is C[C@@H]1CN(c2nnc(-c3cc(=O)[nH]c(N)n3)n2C)C[C@H](c2ccccc2)O1. The third kappa shape index (κ3) is 3.41. The Morgan fingerprint density at radius 1 is 1.22 bits per heavy atom. The van der Waals surface area contributed by atoms with Gasteiger partial charge in [-0.3, -0.25) is 14.3 Å². The largest absolute Gasteiger partial charge is 0.369 e. The predicted octanol–water partition coefficient (Wildman–Crippen LogP) is 1.11. The van der Waals surface area contributed by atoms with Gasteiger partial charge in [0.25, 0.3) is 5.56 Å². The average molecular weight is 367 g/mol. The summed E-state index contributed by atoms with van der Waals surface area (Å²) in [5.41, 5.74) is 6.83. The number of rotatable bonds is 3. The third-order valence-corrected chi connectivity index (χ3v) is 4.56. The molecule has 2 atom stereocenters. The number of H-pyrrole nitrogens is 1. The van der Waals surface area contributed by atoms with Crippen LogP contribution < -0.4 is 16.2 Å². The van der Waals surface area contributed by atoms with Crippen molar-refractivity contribution in [2.75, 3.05) is 23.7 Å². The van der Waals surface area contributed by atoms with E-state index in [4.69, 9.17) is 10.5 Å². The molecule has 1 aliphatic rings. The van der Waals surface area contributed by atoms with Crippen LogP contribution in [0, 0.1) is 0 Å². The number of anilines is 2. The van der Waals surface area contributed by atoms with Crippen LogP contribution in [-0.2, 0) is 11.8 Å². The second-order valence-corrected chi connectivity index (χ2v) is 6.65. The van der Waals surface area contributed by atoms with Gasteiger partial charge in [0.2, 0.25) is 11.9 Å². The highest BCUT2D eigenvalue weighted by Gasteiger charge is 2.29. The van der Waals surface area contributed by atoms with Crippen LogP contribution in [0.1, 0.15) is 18.6 Å². The maximum absolute atomic E-state index is 11.7. The molecule has 1 saturated heterocycles. The van der Waals surface area contributed by atoms with Gasteiger partial charge < -0.3 is 15.4 Å². The fourth-order valence-electron chi connectivity index (χ4n) is 3.38. The van der Waals surface area contributed by atoms with Crippen molar-refractivity contribution >= 4 is 11.9 Å². The van der Waals surface area contributed by atoms with Crippen molar-refractivity contribution in [1.82, 2.24) is 24.7 Å². The van der Waals surface area contributed by atoms with Crippen molar-refractivity contribution in [2.24, 2.45) is 7.05 Å². The van der Waals surface area contributed by atoms with Gasteiger partial charge in [0.1, 0.15) is 11.8 Å². The van der Waals surface area contributed by atoms with E-state index in [0.29, 0.717) is 30.6 Å². The molecule has 3 aromatic rings. The van der Waals surface area contributed by atoms with Crippen molar-refractivity contribution < 1.29 is 4.74 Å². The van der Waals surface area contributed by atoms with Crippen molar-refractivity contribution in [3.63, 3.8) is 0 Å². The highest BCUT2D eigenvalue weighted by Crippen LogP contribution is 2.29. The second-order valence-electron chi connectivity index (χ2n) is 6.65. The van der Waals surface area contributed by atoms with Crippen LogP contribution in [-0.4, -0.2) is 43.9 Å². The molecule has 0 unspecified atom stereocenters. The summed E-state index contributed by atoms with van der Waals surface area (Å²) in [5.74, 6) is 1.23. The van der Waals surface area contributed by atoms with Crippen LogP contribution in [0.2, 0.25) is 0 Å². The van der Waals surface area contributed by atoms with E-state index in [-0.39, 0.29) is 23.7 Å². The number of hydrogen-bond acceptors (Lipinski definition) is 7. The minimum Gasteiger partial charge on any atom is -0.369 e. The number of hydrogen-bond donors (Lipinski definition) is 2. The van der Waals surface area contributed by atoms with Gasteiger partial charge >= 0.3 is 0 Å². The highest BCUT2D eigenvalue weighted by atomic mass is 16.5. The molecule has 27 heavy (non-hydrogen) atoms. The van der Waals surface area contributed by atoms with E-state index in [9.17, 15) is 4.79 Å². The Labute approximate surface area is 155 Å². The Morgan fingerprint density at radius 3 is 2.74 bits per heavy atom.